The number of imidazole rings is 1. The van der Waals surface area contributed by atoms with Crippen molar-refractivity contribution < 1.29 is 8.83 Å². The summed E-state index contributed by atoms with van der Waals surface area (Å²) < 4.78 is 13.3. The van der Waals surface area contributed by atoms with Crippen LogP contribution < -0.4 is 0 Å². The van der Waals surface area contributed by atoms with E-state index in [1.807, 2.05) is 77.3 Å². The van der Waals surface area contributed by atoms with E-state index in [2.05, 4.69) is 9.98 Å². The maximum absolute atomic E-state index is 6.07. The molecule has 0 fully saturated rings. The van der Waals surface area contributed by atoms with E-state index in [1.165, 1.54) is 0 Å². The Hall–Kier alpha value is -3.57. The zero-order valence-corrected chi connectivity index (χ0v) is 15.4. The molecular weight excluding hydrogens is 374 g/mol. The van der Waals surface area contributed by atoms with Crippen molar-refractivity contribution in [2.24, 2.45) is 4.99 Å². The Kier molecular flexibility index (Phi) is 4.07. The fourth-order valence-electron chi connectivity index (χ4n) is 3.03. The molecule has 5 aromatic rings. The van der Waals surface area contributed by atoms with E-state index < -0.39 is 0 Å². The molecule has 0 bridgehead atoms. The van der Waals surface area contributed by atoms with Crippen molar-refractivity contribution in [1.29, 1.82) is 0 Å². The van der Waals surface area contributed by atoms with Crippen molar-refractivity contribution in [2.75, 3.05) is 0 Å². The Morgan fingerprint density at radius 3 is 2.79 bits per heavy atom. The lowest BCUT2D eigenvalue weighted by molar-refractivity contribution is 0.575. The van der Waals surface area contributed by atoms with E-state index >= 15 is 0 Å². The summed E-state index contributed by atoms with van der Waals surface area (Å²) in [4.78, 5) is 9.28. The number of halogens is 1. The van der Waals surface area contributed by atoms with Gasteiger partial charge in [-0.1, -0.05) is 29.8 Å². The third kappa shape index (κ3) is 3.02. The highest BCUT2D eigenvalue weighted by molar-refractivity contribution is 6.30. The molecule has 0 amide bonds. The largest absolute Gasteiger partial charge is 0.463 e. The number of pyridine rings is 1. The second-order valence-corrected chi connectivity index (χ2v) is 6.60. The highest BCUT2D eigenvalue weighted by Gasteiger charge is 2.15. The average Bonchev–Trinajstić information content (AvgIpc) is 3.45. The van der Waals surface area contributed by atoms with Gasteiger partial charge in [0.1, 0.15) is 17.2 Å². The number of aromatic nitrogens is 2. The van der Waals surface area contributed by atoms with Crippen molar-refractivity contribution in [3.8, 4) is 22.8 Å². The first-order chi connectivity index (χ1) is 13.8. The number of rotatable bonds is 4. The lowest BCUT2D eigenvalue weighted by atomic mass is 10.2. The van der Waals surface area contributed by atoms with E-state index in [1.54, 1.807) is 12.5 Å². The number of aliphatic imine (C=N–C) groups is 1. The van der Waals surface area contributed by atoms with Gasteiger partial charge < -0.3 is 8.83 Å². The average molecular weight is 388 g/mol. The quantitative estimate of drug-likeness (QED) is 0.342. The summed E-state index contributed by atoms with van der Waals surface area (Å²) in [5, 5.41) is 0.665. The van der Waals surface area contributed by atoms with E-state index in [-0.39, 0.29) is 0 Å². The first-order valence-electron chi connectivity index (χ1n) is 8.69. The molecule has 5 rings (SSSR count). The van der Waals surface area contributed by atoms with Gasteiger partial charge in [-0.2, -0.15) is 0 Å². The number of furan rings is 2. The molecule has 6 heteroatoms. The number of nitrogens with zero attached hydrogens (tertiary/aromatic N) is 3. The molecule has 136 valence electrons. The minimum Gasteiger partial charge on any atom is -0.463 e. The SMILES string of the molecule is Clc1cccc(-c2ccc(C=Nc3c(-c4ccco4)nc4ccccn34)o2)c1. The molecule has 4 aromatic heterocycles. The van der Waals surface area contributed by atoms with Gasteiger partial charge in [0.2, 0.25) is 0 Å². The van der Waals surface area contributed by atoms with Crippen LogP contribution >= 0.6 is 11.6 Å². The summed E-state index contributed by atoms with van der Waals surface area (Å²) >= 11 is 6.07. The normalized spacial score (nSPS) is 11.6. The predicted molar refractivity (Wildman–Crippen MR) is 109 cm³/mol. The maximum atomic E-state index is 6.07. The van der Waals surface area contributed by atoms with Crippen molar-refractivity contribution in [3.05, 3.63) is 90.0 Å². The molecule has 5 nitrogen and oxygen atoms in total. The van der Waals surface area contributed by atoms with Crippen LogP contribution in [0.4, 0.5) is 5.82 Å². The standard InChI is InChI=1S/C22H14ClN3O2/c23-16-6-3-5-15(13-16)18-10-9-17(28-18)14-24-22-21(19-7-4-12-27-19)25-20-8-1-2-11-26(20)22/h1-14H. The van der Waals surface area contributed by atoms with Crippen LogP contribution in [0.25, 0.3) is 28.4 Å². The lowest BCUT2D eigenvalue weighted by Gasteiger charge is -1.98. The second kappa shape index (κ2) is 6.87. The zero-order chi connectivity index (χ0) is 18.9. The fourth-order valence-corrected chi connectivity index (χ4v) is 3.22. The minimum absolute atomic E-state index is 0.631. The Balaban J connectivity index is 1.54. The Bertz CT molecular complexity index is 1280. The van der Waals surface area contributed by atoms with Gasteiger partial charge >= 0.3 is 0 Å². The number of fused-ring (bicyclic) bond motifs is 1. The molecule has 0 aliphatic rings. The molecule has 0 atom stereocenters. The summed E-state index contributed by atoms with van der Waals surface area (Å²) in [6.07, 6.45) is 5.22. The molecule has 0 saturated heterocycles. The maximum Gasteiger partial charge on any atom is 0.168 e. The van der Waals surface area contributed by atoms with Crippen molar-refractivity contribution in [1.82, 2.24) is 9.38 Å². The first kappa shape index (κ1) is 16.6. The van der Waals surface area contributed by atoms with Crippen molar-refractivity contribution >= 4 is 29.3 Å². The number of benzene rings is 1. The number of hydrogen-bond donors (Lipinski definition) is 0. The summed E-state index contributed by atoms with van der Waals surface area (Å²) in [6.45, 7) is 0. The van der Waals surface area contributed by atoms with Crippen molar-refractivity contribution in [3.63, 3.8) is 0 Å². The fraction of sp³-hybridized carbons (Fsp3) is 0. The molecule has 0 aliphatic heterocycles. The molecular formula is C22H14ClN3O2. The van der Waals surface area contributed by atoms with Crippen LogP contribution in [0.5, 0.6) is 0 Å². The summed E-state index contributed by atoms with van der Waals surface area (Å²) in [5.74, 6) is 2.70. The Morgan fingerprint density at radius 2 is 1.93 bits per heavy atom. The first-order valence-corrected chi connectivity index (χ1v) is 9.06. The van der Waals surface area contributed by atoms with E-state index in [0.29, 0.717) is 28.1 Å². The highest BCUT2D eigenvalue weighted by atomic mass is 35.5. The number of hydrogen-bond acceptors (Lipinski definition) is 4. The predicted octanol–water partition coefficient (Wildman–Crippen LogP) is 6.26. The lowest BCUT2D eigenvalue weighted by Crippen LogP contribution is -1.83. The molecule has 1 aromatic carbocycles. The molecule has 28 heavy (non-hydrogen) atoms. The van der Waals surface area contributed by atoms with Gasteiger partial charge in [-0.3, -0.25) is 4.40 Å². The molecule has 0 radical (unpaired) electrons. The minimum atomic E-state index is 0.631. The molecule has 0 N–H and O–H groups in total. The molecule has 0 aliphatic carbocycles. The van der Waals surface area contributed by atoms with E-state index in [4.69, 9.17) is 20.4 Å². The van der Waals surface area contributed by atoms with Crippen LogP contribution in [-0.2, 0) is 0 Å². The van der Waals surface area contributed by atoms with Crippen LogP contribution in [0, 0.1) is 0 Å². The highest BCUT2D eigenvalue weighted by Crippen LogP contribution is 2.31. The smallest absolute Gasteiger partial charge is 0.168 e. The van der Waals surface area contributed by atoms with Gasteiger partial charge in [0.25, 0.3) is 0 Å². The van der Waals surface area contributed by atoms with Gasteiger partial charge in [-0.15, -0.1) is 0 Å². The van der Waals surface area contributed by atoms with Gasteiger partial charge in [-0.25, -0.2) is 9.98 Å². The van der Waals surface area contributed by atoms with Crippen molar-refractivity contribution in [2.45, 2.75) is 0 Å². The molecule has 0 unspecified atom stereocenters. The third-order valence-electron chi connectivity index (χ3n) is 4.31. The Morgan fingerprint density at radius 1 is 0.964 bits per heavy atom. The summed E-state index contributed by atoms with van der Waals surface area (Å²) in [7, 11) is 0. The van der Waals surface area contributed by atoms with E-state index in [9.17, 15) is 0 Å². The molecule has 0 saturated carbocycles. The van der Waals surface area contributed by atoms with Crippen LogP contribution in [0.3, 0.4) is 0 Å². The molecule has 0 spiro atoms. The van der Waals surface area contributed by atoms with Gasteiger partial charge in [0, 0.05) is 16.8 Å². The summed E-state index contributed by atoms with van der Waals surface area (Å²) in [5.41, 5.74) is 2.38. The third-order valence-corrected chi connectivity index (χ3v) is 4.54. The topological polar surface area (TPSA) is 55.9 Å². The van der Waals surface area contributed by atoms with Gasteiger partial charge in [-0.05, 0) is 48.5 Å². The van der Waals surface area contributed by atoms with E-state index in [0.717, 1.165) is 17.0 Å². The second-order valence-electron chi connectivity index (χ2n) is 6.16. The van der Waals surface area contributed by atoms with Crippen LogP contribution in [0.15, 0.2) is 93.0 Å². The van der Waals surface area contributed by atoms with Gasteiger partial charge in [0.15, 0.2) is 17.3 Å². The molecule has 4 heterocycles. The monoisotopic (exact) mass is 387 g/mol. The zero-order valence-electron chi connectivity index (χ0n) is 14.6. The summed E-state index contributed by atoms with van der Waals surface area (Å²) in [6, 6.07) is 20.8. The van der Waals surface area contributed by atoms with Gasteiger partial charge in [0.05, 0.1) is 12.5 Å². The van der Waals surface area contributed by atoms with Crippen LogP contribution in [-0.4, -0.2) is 15.6 Å². The van der Waals surface area contributed by atoms with Crippen LogP contribution in [0.1, 0.15) is 5.76 Å². The van der Waals surface area contributed by atoms with Crippen LogP contribution in [0.2, 0.25) is 5.02 Å². The Labute approximate surface area is 165 Å².